The minimum absolute atomic E-state index is 0.00547. The lowest BCUT2D eigenvalue weighted by molar-refractivity contribution is -0.132. The Morgan fingerprint density at radius 2 is 1.25 bits per heavy atom. The second-order valence-corrected chi connectivity index (χ2v) is 18.0. The van der Waals surface area contributed by atoms with Gasteiger partial charge in [-0.05, 0) is 103 Å². The van der Waals surface area contributed by atoms with Gasteiger partial charge in [0.25, 0.3) is 0 Å². The Hall–Kier alpha value is -1.98. The average Bonchev–Trinajstić information content (AvgIpc) is 3.66. The third kappa shape index (κ3) is 5.83. The number of rotatable bonds is 8. The number of carbonyl (C=O) groups excluding carboxylic acids is 2. The maximum absolute atomic E-state index is 15.0. The molecular formula is C42H62O9. The highest BCUT2D eigenvalue weighted by molar-refractivity contribution is 6.08. The molecule has 0 aliphatic heterocycles. The Morgan fingerprint density at radius 3 is 1.75 bits per heavy atom. The standard InChI is InChI=1S/C42H62O9/c1-21(2)35-27-14-33(43)23(5)26-11-13-41(48,20-51-9)32(26)18-42(49,38(35)46)28(27)15-30-37(45)36(22(3)4)29-16-34(44)24(6)25-10-12-40(47,19-50-8)31(25)17-39(29,30)7/h17-18,21-26,28,30,33-34,43-44,47-49H,10-16,19-20H2,1-9H3/t23-,24-,25+,26+,28-,30-,33+,34+,39-,40+,41+,42+/m1/s1. The van der Waals surface area contributed by atoms with Crippen molar-refractivity contribution in [2.45, 2.75) is 122 Å². The number of hydrogen-bond donors (Lipinski definition) is 5. The van der Waals surface area contributed by atoms with E-state index in [0.717, 1.165) is 11.1 Å². The van der Waals surface area contributed by atoms with Crippen LogP contribution in [-0.4, -0.2) is 93.5 Å². The zero-order valence-corrected chi connectivity index (χ0v) is 32.2. The summed E-state index contributed by atoms with van der Waals surface area (Å²) in [6.45, 7) is 13.9. The summed E-state index contributed by atoms with van der Waals surface area (Å²) in [5, 5.41) is 60.5. The van der Waals surface area contributed by atoms with Crippen molar-refractivity contribution >= 4 is 11.6 Å². The lowest BCUT2D eigenvalue weighted by Gasteiger charge is -2.42. The van der Waals surface area contributed by atoms with E-state index in [2.05, 4.69) is 6.08 Å². The Morgan fingerprint density at radius 1 is 0.765 bits per heavy atom. The van der Waals surface area contributed by atoms with Gasteiger partial charge in [-0.3, -0.25) is 9.59 Å². The smallest absolute Gasteiger partial charge is 0.195 e. The lowest BCUT2D eigenvalue weighted by atomic mass is 9.63. The monoisotopic (exact) mass is 710 g/mol. The van der Waals surface area contributed by atoms with Crippen molar-refractivity contribution in [1.29, 1.82) is 0 Å². The van der Waals surface area contributed by atoms with Crippen LogP contribution in [0.2, 0.25) is 0 Å². The fourth-order valence-electron chi connectivity index (χ4n) is 11.5. The molecule has 0 aromatic rings. The first-order valence-corrected chi connectivity index (χ1v) is 19.3. The van der Waals surface area contributed by atoms with Gasteiger partial charge >= 0.3 is 0 Å². The Labute approximate surface area is 303 Å². The van der Waals surface area contributed by atoms with Crippen molar-refractivity contribution in [3.05, 3.63) is 45.6 Å². The number of allylic oxidation sites excluding steroid dienone is 2. The second kappa shape index (κ2) is 13.4. The molecule has 12 atom stereocenters. The topological polar surface area (TPSA) is 154 Å². The molecule has 5 N–H and O–H groups in total. The summed E-state index contributed by atoms with van der Waals surface area (Å²) < 4.78 is 11.0. The number of fused-ring (bicyclic) bond motifs is 5. The van der Waals surface area contributed by atoms with Crippen LogP contribution in [0.4, 0.5) is 0 Å². The maximum atomic E-state index is 15.0. The van der Waals surface area contributed by atoms with E-state index in [1.165, 1.54) is 7.11 Å². The molecule has 0 amide bonds. The SMILES string of the molecule is COC[C@@]1(O)CC[C@@H]2C1=C[C@@]1(O)C(=O)C(C(C)C)=C(C[C@H](O)[C@@H]2C)[C@H]1C[C@@H]1C(=O)C(C(C)C)=C2C[C@H](O)[C@H](C)[C@@H]3CC[C@](O)(COC)C3=C[C@]21C. The fourth-order valence-corrected chi connectivity index (χ4v) is 11.5. The van der Waals surface area contributed by atoms with Gasteiger partial charge in [0.1, 0.15) is 11.2 Å². The third-order valence-corrected chi connectivity index (χ3v) is 14.3. The van der Waals surface area contributed by atoms with Crippen LogP contribution in [0.5, 0.6) is 0 Å². The van der Waals surface area contributed by atoms with Crippen LogP contribution in [0.15, 0.2) is 45.6 Å². The molecule has 2 saturated carbocycles. The van der Waals surface area contributed by atoms with Gasteiger partial charge < -0.3 is 35.0 Å². The number of methoxy groups -OCH3 is 2. The molecule has 284 valence electrons. The number of Topliss-reactive ketones (excluding diaryl/α,β-unsaturated/α-hetero) is 2. The molecule has 0 radical (unpaired) electrons. The van der Waals surface area contributed by atoms with Gasteiger partial charge in [-0.2, -0.15) is 0 Å². The maximum Gasteiger partial charge on any atom is 0.195 e. The van der Waals surface area contributed by atoms with Crippen LogP contribution in [0.1, 0.15) is 93.4 Å². The van der Waals surface area contributed by atoms with E-state index in [1.807, 2.05) is 48.5 Å². The van der Waals surface area contributed by atoms with Gasteiger partial charge in [-0.25, -0.2) is 0 Å². The van der Waals surface area contributed by atoms with Crippen molar-refractivity contribution < 1.29 is 44.6 Å². The van der Waals surface area contributed by atoms with Crippen LogP contribution >= 0.6 is 0 Å². The fraction of sp³-hybridized carbons (Fsp3) is 0.762. The van der Waals surface area contributed by atoms with Gasteiger partial charge in [0, 0.05) is 37.0 Å². The predicted octanol–water partition coefficient (Wildman–Crippen LogP) is 4.65. The summed E-state index contributed by atoms with van der Waals surface area (Å²) in [6.07, 6.45) is 4.84. The summed E-state index contributed by atoms with van der Waals surface area (Å²) in [5.41, 5.74) is -1.64. The molecular weight excluding hydrogens is 648 g/mol. The summed E-state index contributed by atoms with van der Waals surface area (Å²) in [4.78, 5) is 29.6. The van der Waals surface area contributed by atoms with Gasteiger partial charge in [-0.15, -0.1) is 0 Å². The molecule has 2 bridgehead atoms. The highest BCUT2D eigenvalue weighted by atomic mass is 16.5. The van der Waals surface area contributed by atoms with E-state index < -0.39 is 52.0 Å². The number of aliphatic hydroxyl groups is 5. The Bertz CT molecular complexity index is 1570. The minimum atomic E-state index is -2.05. The lowest BCUT2D eigenvalue weighted by Crippen LogP contribution is -2.46. The van der Waals surface area contributed by atoms with Gasteiger partial charge in [0.2, 0.25) is 0 Å². The molecule has 51 heavy (non-hydrogen) atoms. The molecule has 6 aliphatic carbocycles. The summed E-state index contributed by atoms with van der Waals surface area (Å²) in [7, 11) is 3.08. The summed E-state index contributed by atoms with van der Waals surface area (Å²) in [6, 6.07) is 0. The first-order chi connectivity index (χ1) is 23.8. The summed E-state index contributed by atoms with van der Waals surface area (Å²) >= 11 is 0. The zero-order chi connectivity index (χ0) is 37.6. The van der Waals surface area contributed by atoms with Crippen molar-refractivity contribution in [2.75, 3.05) is 27.4 Å². The van der Waals surface area contributed by atoms with E-state index in [-0.39, 0.29) is 67.3 Å². The number of carbonyl (C=O) groups is 2. The number of aliphatic hydroxyl groups excluding tert-OH is 2. The number of ketones is 2. The average molecular weight is 711 g/mol. The van der Waals surface area contributed by atoms with Crippen LogP contribution in [0, 0.1) is 52.8 Å². The molecule has 0 spiro atoms. The number of ether oxygens (including phenoxy) is 2. The molecule has 2 fully saturated rings. The van der Waals surface area contributed by atoms with E-state index in [9.17, 15) is 35.1 Å². The van der Waals surface area contributed by atoms with Crippen LogP contribution in [0.3, 0.4) is 0 Å². The highest BCUT2D eigenvalue weighted by Gasteiger charge is 2.61. The molecule has 6 rings (SSSR count). The third-order valence-electron chi connectivity index (χ3n) is 14.3. The van der Waals surface area contributed by atoms with Crippen molar-refractivity contribution in [3.63, 3.8) is 0 Å². The van der Waals surface area contributed by atoms with E-state index >= 15 is 0 Å². The van der Waals surface area contributed by atoms with Crippen molar-refractivity contribution in [2.24, 2.45) is 52.8 Å². The largest absolute Gasteiger partial charge is 0.392 e. The molecule has 9 heteroatoms. The van der Waals surface area contributed by atoms with Crippen molar-refractivity contribution in [3.8, 4) is 0 Å². The van der Waals surface area contributed by atoms with E-state index in [4.69, 9.17) is 9.47 Å². The number of hydrogen-bond acceptors (Lipinski definition) is 9. The molecule has 0 aromatic carbocycles. The normalized spacial score (nSPS) is 44.2. The first-order valence-electron chi connectivity index (χ1n) is 19.3. The van der Waals surface area contributed by atoms with Gasteiger partial charge in [-0.1, -0.05) is 65.7 Å². The quantitative estimate of drug-likeness (QED) is 0.227. The van der Waals surface area contributed by atoms with Crippen LogP contribution < -0.4 is 0 Å². The predicted molar refractivity (Wildman–Crippen MR) is 193 cm³/mol. The molecule has 0 aromatic heterocycles. The second-order valence-electron chi connectivity index (χ2n) is 18.0. The van der Waals surface area contributed by atoms with Crippen molar-refractivity contribution in [1.82, 2.24) is 0 Å². The molecule has 6 aliphatic rings. The molecule has 0 heterocycles. The van der Waals surface area contributed by atoms with Crippen LogP contribution in [-0.2, 0) is 19.1 Å². The minimum Gasteiger partial charge on any atom is -0.392 e. The van der Waals surface area contributed by atoms with Gasteiger partial charge in [0.15, 0.2) is 17.2 Å². The van der Waals surface area contributed by atoms with Gasteiger partial charge in [0.05, 0.1) is 25.4 Å². The first kappa shape index (κ1) is 38.7. The Kier molecular flexibility index (Phi) is 10.2. The molecule has 0 unspecified atom stereocenters. The Balaban J connectivity index is 1.57. The molecule has 9 nitrogen and oxygen atoms in total. The van der Waals surface area contributed by atoms with E-state index in [0.29, 0.717) is 54.4 Å². The summed E-state index contributed by atoms with van der Waals surface area (Å²) in [5.74, 6) is -3.22. The zero-order valence-electron chi connectivity index (χ0n) is 32.2. The van der Waals surface area contributed by atoms with E-state index in [1.54, 1.807) is 13.2 Å². The highest BCUT2D eigenvalue weighted by Crippen LogP contribution is 2.61. The molecule has 0 saturated heterocycles. The van der Waals surface area contributed by atoms with Crippen LogP contribution in [0.25, 0.3) is 0 Å².